The van der Waals surface area contributed by atoms with E-state index >= 15 is 0 Å². The van der Waals surface area contributed by atoms with Crippen LogP contribution in [0.4, 0.5) is 10.1 Å². The Morgan fingerprint density at radius 1 is 0.793 bits per heavy atom. The second kappa shape index (κ2) is 9.15. The standard InChI is InChI=1S/C24H23FN2O2/c1-16-20(25)14-9-15-21(16)27-23(28)17(2)26-24(29)22(18-10-5-3-6-11-18)19-12-7-4-8-13-19/h3-15,17,22H,1-2H3,(H,26,29)(H,27,28)/t17-/m0/s1. The van der Waals surface area contributed by atoms with Crippen LogP contribution >= 0.6 is 0 Å². The topological polar surface area (TPSA) is 58.2 Å². The Morgan fingerprint density at radius 2 is 1.34 bits per heavy atom. The lowest BCUT2D eigenvalue weighted by Gasteiger charge is -2.21. The third-order valence-electron chi connectivity index (χ3n) is 4.81. The minimum Gasteiger partial charge on any atom is -0.344 e. The summed E-state index contributed by atoms with van der Waals surface area (Å²) in [4.78, 5) is 25.6. The molecule has 0 aliphatic heterocycles. The van der Waals surface area contributed by atoms with Gasteiger partial charge in [0.15, 0.2) is 0 Å². The number of nitrogens with one attached hydrogen (secondary N) is 2. The van der Waals surface area contributed by atoms with Crippen LogP contribution in [0, 0.1) is 12.7 Å². The minimum absolute atomic E-state index is 0.277. The second-order valence-electron chi connectivity index (χ2n) is 6.89. The first-order valence-corrected chi connectivity index (χ1v) is 9.43. The van der Waals surface area contributed by atoms with Crippen LogP contribution in [-0.4, -0.2) is 17.9 Å². The van der Waals surface area contributed by atoms with Gasteiger partial charge in [-0.3, -0.25) is 9.59 Å². The largest absolute Gasteiger partial charge is 0.344 e. The summed E-state index contributed by atoms with van der Waals surface area (Å²) >= 11 is 0. The van der Waals surface area contributed by atoms with Crippen LogP contribution in [0.2, 0.25) is 0 Å². The molecule has 0 aliphatic rings. The van der Waals surface area contributed by atoms with Gasteiger partial charge in [-0.05, 0) is 37.1 Å². The summed E-state index contributed by atoms with van der Waals surface area (Å²) in [7, 11) is 0. The number of hydrogen-bond acceptors (Lipinski definition) is 2. The lowest BCUT2D eigenvalue weighted by Crippen LogP contribution is -2.44. The second-order valence-corrected chi connectivity index (χ2v) is 6.89. The Balaban J connectivity index is 1.77. The van der Waals surface area contributed by atoms with Crippen molar-refractivity contribution >= 4 is 17.5 Å². The van der Waals surface area contributed by atoms with Crippen molar-refractivity contribution in [3.63, 3.8) is 0 Å². The lowest BCUT2D eigenvalue weighted by molar-refractivity contribution is -0.126. The number of benzene rings is 3. The number of anilines is 1. The smallest absolute Gasteiger partial charge is 0.246 e. The van der Waals surface area contributed by atoms with Crippen molar-refractivity contribution in [2.75, 3.05) is 5.32 Å². The van der Waals surface area contributed by atoms with E-state index in [1.807, 2.05) is 60.7 Å². The molecule has 0 fully saturated rings. The average Bonchev–Trinajstić information content (AvgIpc) is 2.73. The third-order valence-corrected chi connectivity index (χ3v) is 4.81. The van der Waals surface area contributed by atoms with Crippen LogP contribution in [0.1, 0.15) is 29.5 Å². The molecule has 148 valence electrons. The molecule has 0 bridgehead atoms. The van der Waals surface area contributed by atoms with Gasteiger partial charge in [-0.2, -0.15) is 0 Å². The van der Waals surface area contributed by atoms with Crippen molar-refractivity contribution in [2.45, 2.75) is 25.8 Å². The number of carbonyl (C=O) groups excluding carboxylic acids is 2. The van der Waals surface area contributed by atoms with E-state index in [9.17, 15) is 14.0 Å². The van der Waals surface area contributed by atoms with Gasteiger partial charge in [0.25, 0.3) is 0 Å². The Morgan fingerprint density at radius 3 is 1.90 bits per heavy atom. The highest BCUT2D eigenvalue weighted by atomic mass is 19.1. The number of hydrogen-bond donors (Lipinski definition) is 2. The van der Waals surface area contributed by atoms with Gasteiger partial charge >= 0.3 is 0 Å². The monoisotopic (exact) mass is 390 g/mol. The normalized spacial score (nSPS) is 11.7. The molecule has 3 aromatic carbocycles. The van der Waals surface area contributed by atoms with Crippen molar-refractivity contribution in [3.8, 4) is 0 Å². The van der Waals surface area contributed by atoms with E-state index in [-0.39, 0.29) is 5.91 Å². The molecule has 0 aromatic heterocycles. The molecule has 3 aromatic rings. The maximum absolute atomic E-state index is 13.7. The zero-order valence-electron chi connectivity index (χ0n) is 16.4. The molecule has 2 amide bonds. The number of rotatable bonds is 6. The number of carbonyl (C=O) groups is 2. The van der Waals surface area contributed by atoms with Crippen LogP contribution in [0.5, 0.6) is 0 Å². The maximum atomic E-state index is 13.7. The van der Waals surface area contributed by atoms with Gasteiger partial charge in [0.1, 0.15) is 11.9 Å². The first-order valence-electron chi connectivity index (χ1n) is 9.43. The van der Waals surface area contributed by atoms with Gasteiger partial charge in [-0.1, -0.05) is 66.7 Å². The molecule has 0 heterocycles. The highest BCUT2D eigenvalue weighted by molar-refractivity contribution is 5.98. The van der Waals surface area contributed by atoms with Gasteiger partial charge < -0.3 is 10.6 Å². The quantitative estimate of drug-likeness (QED) is 0.655. The van der Waals surface area contributed by atoms with Gasteiger partial charge in [0.2, 0.25) is 11.8 Å². The van der Waals surface area contributed by atoms with E-state index in [1.165, 1.54) is 12.1 Å². The molecule has 1 atom stereocenters. The summed E-state index contributed by atoms with van der Waals surface area (Å²) in [6, 6.07) is 22.5. The molecule has 0 saturated carbocycles. The molecule has 0 unspecified atom stereocenters. The van der Waals surface area contributed by atoms with Crippen molar-refractivity contribution in [1.29, 1.82) is 0 Å². The van der Waals surface area contributed by atoms with Crippen molar-refractivity contribution < 1.29 is 14.0 Å². The van der Waals surface area contributed by atoms with Crippen LogP contribution in [0.15, 0.2) is 78.9 Å². The summed E-state index contributed by atoms with van der Waals surface area (Å²) in [5.74, 6) is -1.62. The molecular formula is C24H23FN2O2. The Kier molecular flexibility index (Phi) is 6.39. The van der Waals surface area contributed by atoms with E-state index in [0.717, 1.165) is 11.1 Å². The van der Waals surface area contributed by atoms with Crippen LogP contribution in [-0.2, 0) is 9.59 Å². The van der Waals surface area contributed by atoms with E-state index in [1.54, 1.807) is 19.9 Å². The molecule has 0 saturated heterocycles. The van der Waals surface area contributed by atoms with Crippen LogP contribution in [0.25, 0.3) is 0 Å². The third kappa shape index (κ3) is 4.88. The van der Waals surface area contributed by atoms with Crippen molar-refractivity contribution in [2.24, 2.45) is 0 Å². The SMILES string of the molecule is Cc1c(F)cccc1NC(=O)[C@H](C)NC(=O)C(c1ccccc1)c1ccccc1. The summed E-state index contributed by atoms with van der Waals surface area (Å²) in [6.45, 7) is 3.20. The molecule has 2 N–H and O–H groups in total. The molecule has 5 heteroatoms. The lowest BCUT2D eigenvalue weighted by atomic mass is 9.90. The Hall–Kier alpha value is -3.47. The minimum atomic E-state index is -0.792. The Labute approximate surface area is 169 Å². The van der Waals surface area contributed by atoms with Gasteiger partial charge in [0, 0.05) is 11.3 Å². The summed E-state index contributed by atoms with van der Waals surface area (Å²) in [5, 5.41) is 5.47. The zero-order chi connectivity index (χ0) is 20.8. The fraction of sp³-hybridized carbons (Fsp3) is 0.167. The van der Waals surface area contributed by atoms with E-state index in [0.29, 0.717) is 11.3 Å². The summed E-state index contributed by atoms with van der Waals surface area (Å²) in [5.41, 5.74) is 2.42. The first-order chi connectivity index (χ1) is 14.0. The van der Waals surface area contributed by atoms with Gasteiger partial charge in [0.05, 0.1) is 5.92 Å². The average molecular weight is 390 g/mol. The van der Waals surface area contributed by atoms with E-state index in [4.69, 9.17) is 0 Å². The number of halogens is 1. The summed E-state index contributed by atoms with van der Waals surface area (Å²) < 4.78 is 13.7. The molecule has 0 spiro atoms. The predicted octanol–water partition coefficient (Wildman–Crippen LogP) is 4.41. The molecule has 29 heavy (non-hydrogen) atoms. The fourth-order valence-corrected chi connectivity index (χ4v) is 3.13. The highest BCUT2D eigenvalue weighted by Gasteiger charge is 2.26. The summed E-state index contributed by atoms with van der Waals surface area (Å²) in [6.07, 6.45) is 0. The van der Waals surface area contributed by atoms with E-state index in [2.05, 4.69) is 10.6 Å². The molecular weight excluding hydrogens is 367 g/mol. The van der Waals surface area contributed by atoms with Crippen molar-refractivity contribution in [1.82, 2.24) is 5.32 Å². The fourth-order valence-electron chi connectivity index (χ4n) is 3.13. The highest BCUT2D eigenvalue weighted by Crippen LogP contribution is 2.25. The molecule has 3 rings (SSSR count). The van der Waals surface area contributed by atoms with Crippen LogP contribution < -0.4 is 10.6 Å². The number of amides is 2. The van der Waals surface area contributed by atoms with Gasteiger partial charge in [-0.15, -0.1) is 0 Å². The van der Waals surface area contributed by atoms with Crippen LogP contribution in [0.3, 0.4) is 0 Å². The first kappa shape index (κ1) is 20.3. The molecule has 4 nitrogen and oxygen atoms in total. The zero-order valence-corrected chi connectivity index (χ0v) is 16.4. The van der Waals surface area contributed by atoms with Gasteiger partial charge in [-0.25, -0.2) is 4.39 Å². The van der Waals surface area contributed by atoms with E-state index < -0.39 is 23.7 Å². The predicted molar refractivity (Wildman–Crippen MR) is 112 cm³/mol. The molecule has 0 aliphatic carbocycles. The Bertz CT molecular complexity index is 951. The molecule has 0 radical (unpaired) electrons. The maximum Gasteiger partial charge on any atom is 0.246 e. The van der Waals surface area contributed by atoms with Crippen molar-refractivity contribution in [3.05, 3.63) is 101 Å².